The van der Waals surface area contributed by atoms with Crippen LogP contribution in [0.2, 0.25) is 0 Å². The molecule has 0 aliphatic heterocycles. The Bertz CT molecular complexity index is 899. The molecule has 0 bridgehead atoms. The zero-order valence-corrected chi connectivity index (χ0v) is 11.1. The number of H-pyrrole nitrogens is 1. The van der Waals surface area contributed by atoms with Gasteiger partial charge in [0.05, 0.1) is 5.69 Å². The maximum atomic E-state index is 12.1. The number of carbonyl (C=O) groups is 1. The van der Waals surface area contributed by atoms with Crippen LogP contribution in [0.25, 0.3) is 17.2 Å². The lowest BCUT2D eigenvalue weighted by Gasteiger charge is -2.08. The van der Waals surface area contributed by atoms with Crippen LogP contribution in [-0.4, -0.2) is 35.9 Å². The van der Waals surface area contributed by atoms with E-state index in [1.807, 2.05) is 0 Å². The zero-order chi connectivity index (χ0) is 15.7. The van der Waals surface area contributed by atoms with Crippen LogP contribution in [0, 0.1) is 0 Å². The fourth-order valence-corrected chi connectivity index (χ4v) is 2.02. The molecule has 0 aliphatic carbocycles. The highest BCUT2D eigenvalue weighted by molar-refractivity contribution is 5.94. The van der Waals surface area contributed by atoms with Crippen molar-refractivity contribution in [2.45, 2.75) is 0 Å². The van der Waals surface area contributed by atoms with E-state index in [0.717, 1.165) is 0 Å². The van der Waals surface area contributed by atoms with Crippen molar-refractivity contribution in [2.75, 3.05) is 0 Å². The summed E-state index contributed by atoms with van der Waals surface area (Å²) in [6.45, 7) is 0. The molecule has 8 heteroatoms. The van der Waals surface area contributed by atoms with Gasteiger partial charge in [0.15, 0.2) is 5.56 Å². The van der Waals surface area contributed by atoms with Gasteiger partial charge in [0.2, 0.25) is 5.95 Å². The summed E-state index contributed by atoms with van der Waals surface area (Å²) in [5, 5.41) is 22.7. The van der Waals surface area contributed by atoms with E-state index < -0.39 is 17.1 Å². The molecule has 0 radical (unpaired) electrons. The topological polar surface area (TPSA) is 121 Å². The number of phenols is 1. The summed E-state index contributed by atoms with van der Waals surface area (Å²) in [6, 6.07) is 7.50. The predicted molar refractivity (Wildman–Crippen MR) is 76.0 cm³/mol. The van der Waals surface area contributed by atoms with Gasteiger partial charge in [-0.05, 0) is 18.2 Å². The molecule has 1 aromatic carbocycles. The van der Waals surface area contributed by atoms with Crippen LogP contribution < -0.4 is 5.56 Å². The third kappa shape index (κ3) is 2.33. The molecule has 0 saturated carbocycles. The second kappa shape index (κ2) is 5.17. The molecule has 0 fully saturated rings. The molecule has 0 aliphatic rings. The number of nitrogens with one attached hydrogen (secondary N) is 1. The van der Waals surface area contributed by atoms with Crippen molar-refractivity contribution in [3.05, 3.63) is 58.6 Å². The number of aromatic nitrogens is 4. The number of hydrogen-bond acceptors (Lipinski definition) is 5. The molecular weight excluding hydrogens is 288 g/mol. The minimum atomic E-state index is -1.40. The fraction of sp³-hybridized carbons (Fsp3) is 0. The van der Waals surface area contributed by atoms with E-state index in [0.29, 0.717) is 5.56 Å². The number of aromatic amines is 1. The largest absolute Gasteiger partial charge is 0.508 e. The van der Waals surface area contributed by atoms with Gasteiger partial charge in [0.1, 0.15) is 5.75 Å². The third-order valence-electron chi connectivity index (χ3n) is 2.96. The highest BCUT2D eigenvalue weighted by atomic mass is 16.4. The lowest BCUT2D eigenvalue weighted by molar-refractivity contribution is 0.0695. The Hall–Kier alpha value is -3.42. The van der Waals surface area contributed by atoms with E-state index in [1.54, 1.807) is 18.3 Å². The second-order valence-electron chi connectivity index (χ2n) is 4.42. The monoisotopic (exact) mass is 298 g/mol. The van der Waals surface area contributed by atoms with Gasteiger partial charge in [-0.3, -0.25) is 9.78 Å². The quantitative estimate of drug-likeness (QED) is 0.664. The van der Waals surface area contributed by atoms with Gasteiger partial charge >= 0.3 is 5.97 Å². The van der Waals surface area contributed by atoms with Gasteiger partial charge in [0, 0.05) is 18.0 Å². The maximum Gasteiger partial charge on any atom is 0.343 e. The summed E-state index contributed by atoms with van der Waals surface area (Å²) in [5.41, 5.74) is -1.03. The maximum absolute atomic E-state index is 12.1. The van der Waals surface area contributed by atoms with Crippen LogP contribution in [0.3, 0.4) is 0 Å². The molecule has 3 N–H and O–H groups in total. The Kier molecular flexibility index (Phi) is 3.18. The van der Waals surface area contributed by atoms with E-state index in [9.17, 15) is 19.8 Å². The van der Waals surface area contributed by atoms with Crippen molar-refractivity contribution in [2.24, 2.45) is 0 Å². The molecule has 2 aromatic heterocycles. The summed E-state index contributed by atoms with van der Waals surface area (Å²) in [4.78, 5) is 30.0. The van der Waals surface area contributed by atoms with Gasteiger partial charge in [-0.25, -0.2) is 14.5 Å². The van der Waals surface area contributed by atoms with E-state index in [-0.39, 0.29) is 17.4 Å². The van der Waals surface area contributed by atoms with Crippen LogP contribution in [0.15, 0.2) is 47.5 Å². The Morgan fingerprint density at radius 2 is 2.09 bits per heavy atom. The highest BCUT2D eigenvalue weighted by Gasteiger charge is 2.20. The molecular formula is C14H10N4O4. The molecule has 2 heterocycles. The molecule has 0 saturated heterocycles. The number of phenolic OH excluding ortho intramolecular Hbond substituents is 1. The molecule has 0 unspecified atom stereocenters. The normalized spacial score (nSPS) is 10.5. The van der Waals surface area contributed by atoms with Crippen LogP contribution in [0.1, 0.15) is 10.4 Å². The van der Waals surface area contributed by atoms with Gasteiger partial charge < -0.3 is 10.2 Å². The van der Waals surface area contributed by atoms with E-state index >= 15 is 0 Å². The Morgan fingerprint density at radius 3 is 2.73 bits per heavy atom. The molecule has 3 aromatic rings. The molecule has 110 valence electrons. The van der Waals surface area contributed by atoms with Crippen molar-refractivity contribution in [1.82, 2.24) is 19.7 Å². The molecule has 0 atom stereocenters. The second-order valence-corrected chi connectivity index (χ2v) is 4.42. The number of carboxylic acids is 1. The van der Waals surface area contributed by atoms with E-state index in [1.165, 1.54) is 29.1 Å². The minimum Gasteiger partial charge on any atom is -0.508 e. The van der Waals surface area contributed by atoms with Crippen LogP contribution in [0.5, 0.6) is 5.75 Å². The average Bonchev–Trinajstić information content (AvgIpc) is 3.00. The molecule has 8 nitrogen and oxygen atoms in total. The van der Waals surface area contributed by atoms with E-state index in [4.69, 9.17) is 0 Å². The number of hydrogen-bond donors (Lipinski definition) is 3. The molecule has 0 amide bonds. The van der Waals surface area contributed by atoms with Crippen molar-refractivity contribution in [3.8, 4) is 23.0 Å². The first-order chi connectivity index (χ1) is 10.6. The molecule has 22 heavy (non-hydrogen) atoms. The number of rotatable bonds is 3. The SMILES string of the molecule is O=C(O)c1c(-c2cccc(O)c2)nc(-n2cccn2)[nH]c1=O. The number of aromatic carboxylic acids is 1. The van der Waals surface area contributed by atoms with Crippen LogP contribution in [-0.2, 0) is 0 Å². The third-order valence-corrected chi connectivity index (χ3v) is 2.96. The highest BCUT2D eigenvalue weighted by Crippen LogP contribution is 2.23. The van der Waals surface area contributed by atoms with Crippen molar-refractivity contribution in [1.29, 1.82) is 0 Å². The van der Waals surface area contributed by atoms with Gasteiger partial charge in [-0.15, -0.1) is 0 Å². The number of benzene rings is 1. The summed E-state index contributed by atoms with van der Waals surface area (Å²) in [7, 11) is 0. The van der Waals surface area contributed by atoms with E-state index in [2.05, 4.69) is 15.1 Å². The fourth-order valence-electron chi connectivity index (χ4n) is 2.02. The number of nitrogens with zero attached hydrogens (tertiary/aromatic N) is 3. The minimum absolute atomic E-state index is 0.0438. The standard InChI is InChI=1S/C14H10N4O4/c19-9-4-1-3-8(7-9)11-10(13(21)22)12(20)17-14(16-11)18-6-2-5-15-18/h1-7,19H,(H,21,22)(H,16,17,20). The Labute approximate surface area is 123 Å². The summed E-state index contributed by atoms with van der Waals surface area (Å²) < 4.78 is 1.30. The van der Waals surface area contributed by atoms with Crippen LogP contribution >= 0.6 is 0 Å². The van der Waals surface area contributed by atoms with Crippen molar-refractivity contribution >= 4 is 5.97 Å². The number of aromatic hydroxyl groups is 1. The van der Waals surface area contributed by atoms with Gasteiger partial charge in [0.25, 0.3) is 5.56 Å². The predicted octanol–water partition coefficient (Wildman–Crippen LogP) is 1.03. The smallest absolute Gasteiger partial charge is 0.343 e. The van der Waals surface area contributed by atoms with Gasteiger partial charge in [-0.2, -0.15) is 5.10 Å². The summed E-state index contributed by atoms with van der Waals surface area (Å²) in [6.07, 6.45) is 3.06. The zero-order valence-electron chi connectivity index (χ0n) is 11.1. The first-order valence-electron chi connectivity index (χ1n) is 6.23. The lowest BCUT2D eigenvalue weighted by Crippen LogP contribution is -2.23. The Balaban J connectivity index is 2.30. The first kappa shape index (κ1) is 13.6. The van der Waals surface area contributed by atoms with Gasteiger partial charge in [-0.1, -0.05) is 12.1 Å². The average molecular weight is 298 g/mol. The molecule has 3 rings (SSSR count). The summed E-state index contributed by atoms with van der Waals surface area (Å²) in [5.74, 6) is -1.38. The number of carboxylic acid groups (broad SMARTS) is 1. The Morgan fingerprint density at radius 1 is 1.27 bits per heavy atom. The van der Waals surface area contributed by atoms with Crippen LogP contribution in [0.4, 0.5) is 0 Å². The molecule has 0 spiro atoms. The lowest BCUT2D eigenvalue weighted by atomic mass is 10.1. The van der Waals surface area contributed by atoms with Crippen molar-refractivity contribution in [3.63, 3.8) is 0 Å². The first-order valence-corrected chi connectivity index (χ1v) is 6.23. The van der Waals surface area contributed by atoms with Crippen molar-refractivity contribution < 1.29 is 15.0 Å². The summed E-state index contributed by atoms with van der Waals surface area (Å²) >= 11 is 0.